The van der Waals surface area contributed by atoms with E-state index in [-0.39, 0.29) is 30.6 Å². The van der Waals surface area contributed by atoms with E-state index >= 15 is 0 Å². The van der Waals surface area contributed by atoms with Crippen molar-refractivity contribution in [1.29, 1.82) is 0 Å². The Kier molecular flexibility index (Phi) is 2.91. The fourth-order valence-electron chi connectivity index (χ4n) is 1.76. The van der Waals surface area contributed by atoms with Gasteiger partial charge in [-0.1, -0.05) is 12.1 Å². The van der Waals surface area contributed by atoms with Gasteiger partial charge in [-0.15, -0.1) is 0 Å². The summed E-state index contributed by atoms with van der Waals surface area (Å²) < 4.78 is 0. The molecule has 5 heteroatoms. The number of benzene rings is 1. The molecule has 1 heterocycles. The Hall–Kier alpha value is -2.17. The lowest BCUT2D eigenvalue weighted by atomic mass is 10.1. The molecule has 17 heavy (non-hydrogen) atoms. The van der Waals surface area contributed by atoms with Crippen molar-refractivity contribution in [2.24, 2.45) is 0 Å². The molecule has 1 aromatic rings. The molecule has 1 aliphatic rings. The van der Waals surface area contributed by atoms with Crippen LogP contribution < -0.4 is 10.2 Å². The molecule has 1 N–H and O–H groups in total. The summed E-state index contributed by atoms with van der Waals surface area (Å²) in [7, 11) is 0. The number of para-hydroxylation sites is 2. The minimum absolute atomic E-state index is 0.0386. The van der Waals surface area contributed by atoms with Crippen molar-refractivity contribution in [2.75, 3.05) is 16.8 Å². The third-order valence-corrected chi connectivity index (χ3v) is 2.47. The molecule has 0 bridgehead atoms. The lowest BCUT2D eigenvalue weighted by molar-refractivity contribution is -0.127. The lowest BCUT2D eigenvalue weighted by Crippen LogP contribution is -2.42. The average Bonchev–Trinajstić information content (AvgIpc) is 2.26. The van der Waals surface area contributed by atoms with Crippen molar-refractivity contribution in [3.05, 3.63) is 24.3 Å². The summed E-state index contributed by atoms with van der Waals surface area (Å²) in [5, 5.41) is 2.68. The smallest absolute Gasteiger partial charge is 0.244 e. The van der Waals surface area contributed by atoms with Crippen molar-refractivity contribution in [3.8, 4) is 0 Å². The standard InChI is InChI=1S/C12H12N2O3/c1-8(15)6-12(17)14-7-11(16)13-9-4-2-3-5-10(9)14/h2-5H,6-7H2,1H3,(H,13,16). The first-order valence-corrected chi connectivity index (χ1v) is 5.26. The molecule has 2 amide bonds. The number of fused-ring (bicyclic) bond motifs is 1. The highest BCUT2D eigenvalue weighted by molar-refractivity contribution is 6.13. The van der Waals surface area contributed by atoms with Crippen LogP contribution in [0.3, 0.4) is 0 Å². The van der Waals surface area contributed by atoms with Gasteiger partial charge in [0.05, 0.1) is 17.8 Å². The summed E-state index contributed by atoms with van der Waals surface area (Å²) in [5.41, 5.74) is 1.24. The van der Waals surface area contributed by atoms with Crippen LogP contribution in [0.5, 0.6) is 0 Å². The van der Waals surface area contributed by atoms with Gasteiger partial charge in [-0.05, 0) is 19.1 Å². The molecule has 0 atom stereocenters. The second-order valence-electron chi connectivity index (χ2n) is 3.92. The maximum absolute atomic E-state index is 11.8. The third-order valence-electron chi connectivity index (χ3n) is 2.47. The van der Waals surface area contributed by atoms with E-state index in [1.54, 1.807) is 24.3 Å². The minimum atomic E-state index is -0.347. The van der Waals surface area contributed by atoms with Crippen molar-refractivity contribution in [1.82, 2.24) is 0 Å². The van der Waals surface area contributed by atoms with Crippen LogP contribution in [0.2, 0.25) is 0 Å². The molecule has 0 unspecified atom stereocenters. The van der Waals surface area contributed by atoms with E-state index in [2.05, 4.69) is 5.32 Å². The first-order valence-electron chi connectivity index (χ1n) is 5.26. The van der Waals surface area contributed by atoms with Gasteiger partial charge in [0.25, 0.3) is 0 Å². The van der Waals surface area contributed by atoms with E-state index in [1.165, 1.54) is 11.8 Å². The second kappa shape index (κ2) is 4.37. The molecule has 2 rings (SSSR count). The summed E-state index contributed by atoms with van der Waals surface area (Å²) in [6.07, 6.45) is -0.179. The van der Waals surface area contributed by atoms with E-state index in [9.17, 15) is 14.4 Å². The van der Waals surface area contributed by atoms with E-state index in [0.717, 1.165) is 0 Å². The number of hydrogen-bond acceptors (Lipinski definition) is 3. The van der Waals surface area contributed by atoms with Crippen molar-refractivity contribution in [2.45, 2.75) is 13.3 Å². The number of Topliss-reactive ketones (excluding diaryl/α,β-unsaturated/α-hetero) is 1. The lowest BCUT2D eigenvalue weighted by Gasteiger charge is -2.28. The van der Waals surface area contributed by atoms with Gasteiger partial charge in [-0.3, -0.25) is 14.4 Å². The number of ketones is 1. The van der Waals surface area contributed by atoms with Gasteiger partial charge >= 0.3 is 0 Å². The maximum atomic E-state index is 11.8. The number of rotatable bonds is 2. The number of nitrogens with one attached hydrogen (secondary N) is 1. The summed E-state index contributed by atoms with van der Waals surface area (Å²) in [6.45, 7) is 1.32. The van der Waals surface area contributed by atoms with Crippen LogP contribution in [-0.4, -0.2) is 24.1 Å². The van der Waals surface area contributed by atoms with Gasteiger partial charge < -0.3 is 10.2 Å². The minimum Gasteiger partial charge on any atom is -0.323 e. The summed E-state index contributed by atoms with van der Waals surface area (Å²) in [4.78, 5) is 35.6. The number of nitrogens with zero attached hydrogens (tertiary/aromatic N) is 1. The maximum Gasteiger partial charge on any atom is 0.244 e. The number of anilines is 2. The highest BCUT2D eigenvalue weighted by Crippen LogP contribution is 2.29. The van der Waals surface area contributed by atoms with Gasteiger partial charge in [0.1, 0.15) is 12.3 Å². The van der Waals surface area contributed by atoms with Gasteiger partial charge in [-0.2, -0.15) is 0 Å². The van der Waals surface area contributed by atoms with E-state index in [0.29, 0.717) is 11.4 Å². The van der Waals surface area contributed by atoms with Crippen LogP contribution in [0.1, 0.15) is 13.3 Å². The van der Waals surface area contributed by atoms with Crippen LogP contribution in [-0.2, 0) is 14.4 Å². The fraction of sp³-hybridized carbons (Fsp3) is 0.250. The highest BCUT2D eigenvalue weighted by Gasteiger charge is 2.26. The molecule has 0 aliphatic carbocycles. The monoisotopic (exact) mass is 232 g/mol. The number of amides is 2. The zero-order valence-corrected chi connectivity index (χ0v) is 9.40. The number of hydrogen-bond donors (Lipinski definition) is 1. The topological polar surface area (TPSA) is 66.5 Å². The zero-order valence-electron chi connectivity index (χ0n) is 9.40. The quantitative estimate of drug-likeness (QED) is 0.772. The first kappa shape index (κ1) is 11.3. The Morgan fingerprint density at radius 1 is 1.35 bits per heavy atom. The van der Waals surface area contributed by atoms with Crippen LogP contribution in [0.4, 0.5) is 11.4 Å². The van der Waals surface area contributed by atoms with Crippen LogP contribution in [0.25, 0.3) is 0 Å². The number of carbonyl (C=O) groups is 3. The molecule has 0 aromatic heterocycles. The van der Waals surface area contributed by atoms with Crippen LogP contribution in [0, 0.1) is 0 Å². The Morgan fingerprint density at radius 3 is 2.76 bits per heavy atom. The Labute approximate surface area is 98.4 Å². The predicted molar refractivity (Wildman–Crippen MR) is 62.7 cm³/mol. The summed E-state index contributed by atoms with van der Waals surface area (Å²) in [6, 6.07) is 7.02. The molecular formula is C12H12N2O3. The molecule has 0 radical (unpaired) electrons. The molecule has 0 saturated heterocycles. The molecule has 5 nitrogen and oxygen atoms in total. The number of carbonyl (C=O) groups excluding carboxylic acids is 3. The van der Waals surface area contributed by atoms with Gasteiger partial charge in [0.15, 0.2) is 0 Å². The average molecular weight is 232 g/mol. The first-order chi connectivity index (χ1) is 8.08. The van der Waals surface area contributed by atoms with Crippen molar-refractivity contribution < 1.29 is 14.4 Å². The Bertz CT molecular complexity index is 496. The molecule has 0 fully saturated rings. The normalized spacial score (nSPS) is 13.9. The molecule has 1 aromatic carbocycles. The second-order valence-corrected chi connectivity index (χ2v) is 3.92. The van der Waals surface area contributed by atoms with Crippen LogP contribution >= 0.6 is 0 Å². The summed E-state index contributed by atoms with van der Waals surface area (Å²) >= 11 is 0. The van der Waals surface area contributed by atoms with Gasteiger partial charge in [0, 0.05) is 0 Å². The Morgan fingerprint density at radius 2 is 2.06 bits per heavy atom. The highest BCUT2D eigenvalue weighted by atomic mass is 16.2. The van der Waals surface area contributed by atoms with E-state index in [4.69, 9.17) is 0 Å². The van der Waals surface area contributed by atoms with Crippen LogP contribution in [0.15, 0.2) is 24.3 Å². The van der Waals surface area contributed by atoms with Gasteiger partial charge in [-0.25, -0.2) is 0 Å². The van der Waals surface area contributed by atoms with Crippen molar-refractivity contribution >= 4 is 29.0 Å². The molecule has 0 saturated carbocycles. The summed E-state index contributed by atoms with van der Waals surface area (Å²) in [5.74, 6) is -0.807. The Balaban J connectivity index is 2.32. The zero-order chi connectivity index (χ0) is 12.4. The molecular weight excluding hydrogens is 220 g/mol. The van der Waals surface area contributed by atoms with E-state index < -0.39 is 0 Å². The SMILES string of the molecule is CC(=O)CC(=O)N1CC(=O)Nc2ccccc21. The molecule has 0 spiro atoms. The molecule has 88 valence electrons. The molecule has 1 aliphatic heterocycles. The van der Waals surface area contributed by atoms with Gasteiger partial charge in [0.2, 0.25) is 11.8 Å². The largest absolute Gasteiger partial charge is 0.323 e. The van der Waals surface area contributed by atoms with E-state index in [1.807, 2.05) is 0 Å². The van der Waals surface area contributed by atoms with Crippen molar-refractivity contribution in [3.63, 3.8) is 0 Å². The fourth-order valence-corrected chi connectivity index (χ4v) is 1.76. The predicted octanol–water partition coefficient (Wildman–Crippen LogP) is 0.951. The third kappa shape index (κ3) is 2.33.